The van der Waals surface area contributed by atoms with Gasteiger partial charge in [0.15, 0.2) is 0 Å². The quantitative estimate of drug-likeness (QED) is 0.263. The van der Waals surface area contributed by atoms with Gasteiger partial charge in [0, 0.05) is 6.54 Å². The Labute approximate surface area is 116 Å². The Bertz CT molecular complexity index is 699. The number of hydrogen-bond acceptors (Lipinski definition) is 7. The molecule has 0 aromatic heterocycles. The van der Waals surface area contributed by atoms with Crippen LogP contribution in [0.2, 0.25) is 0 Å². The van der Waals surface area contributed by atoms with Gasteiger partial charge in [0.05, 0.1) is 11.4 Å². The smallest absolute Gasteiger partial charge is 0.296 e. The van der Waals surface area contributed by atoms with Gasteiger partial charge in [-0.3, -0.25) is 9.11 Å². The van der Waals surface area contributed by atoms with E-state index in [1.165, 1.54) is 0 Å². The highest BCUT2D eigenvalue weighted by atomic mass is 32.2. The second-order valence-corrected chi connectivity index (χ2v) is 6.69. The normalized spacial score (nSPS) is 12.3. The number of benzene rings is 1. The van der Waals surface area contributed by atoms with Gasteiger partial charge in [0.25, 0.3) is 20.2 Å². The molecule has 20 heavy (non-hydrogen) atoms. The number of hydrogen-bond donors (Lipinski definition) is 5. The van der Waals surface area contributed by atoms with Crippen LogP contribution in [0.4, 0.5) is 11.4 Å². The Morgan fingerprint density at radius 2 is 1.60 bits per heavy atom. The third-order valence-corrected chi connectivity index (χ3v) is 4.17. The van der Waals surface area contributed by atoms with Crippen LogP contribution < -0.4 is 16.8 Å². The van der Waals surface area contributed by atoms with E-state index in [1.807, 2.05) is 0 Å². The minimum Gasteiger partial charge on any atom is -0.398 e. The minimum absolute atomic E-state index is 0.192. The highest BCUT2D eigenvalue weighted by Gasteiger charge is 2.22. The molecule has 0 heterocycles. The van der Waals surface area contributed by atoms with Crippen LogP contribution in [0.1, 0.15) is 6.42 Å². The number of anilines is 2. The summed E-state index contributed by atoms with van der Waals surface area (Å²) in [5.74, 6) is 0. The monoisotopic (exact) mass is 325 g/mol. The van der Waals surface area contributed by atoms with Crippen molar-refractivity contribution in [1.29, 1.82) is 0 Å². The SMILES string of the molecule is NCCCNc1cc(S(=O)(=O)O)c(N)cc1S(=O)(=O)O. The van der Waals surface area contributed by atoms with Crippen LogP contribution in [0.5, 0.6) is 0 Å². The van der Waals surface area contributed by atoms with Crippen LogP contribution >= 0.6 is 0 Å². The fourth-order valence-corrected chi connectivity index (χ4v) is 2.78. The van der Waals surface area contributed by atoms with Crippen LogP contribution in [0.15, 0.2) is 21.9 Å². The largest absolute Gasteiger partial charge is 0.398 e. The van der Waals surface area contributed by atoms with Gasteiger partial charge in [-0.1, -0.05) is 0 Å². The molecule has 0 aliphatic heterocycles. The molecule has 0 radical (unpaired) electrons. The van der Waals surface area contributed by atoms with Gasteiger partial charge in [-0.2, -0.15) is 16.8 Å². The second kappa shape index (κ2) is 5.93. The lowest BCUT2D eigenvalue weighted by molar-refractivity contribution is 0.479. The summed E-state index contributed by atoms with van der Waals surface area (Å²) in [5.41, 5.74) is 9.95. The van der Waals surface area contributed by atoms with E-state index in [1.54, 1.807) is 0 Å². The summed E-state index contributed by atoms with van der Waals surface area (Å²) in [7, 11) is -9.22. The first kappa shape index (κ1) is 16.7. The Balaban J connectivity index is 3.43. The molecule has 1 rings (SSSR count). The van der Waals surface area contributed by atoms with Gasteiger partial charge in [-0.05, 0) is 25.1 Å². The summed E-state index contributed by atoms with van der Waals surface area (Å²) < 4.78 is 62.7. The molecule has 1 aromatic rings. The van der Waals surface area contributed by atoms with Gasteiger partial charge in [0.1, 0.15) is 9.79 Å². The minimum atomic E-state index is -4.61. The third kappa shape index (κ3) is 4.05. The molecule has 0 aliphatic rings. The van der Waals surface area contributed by atoms with E-state index in [0.29, 0.717) is 13.0 Å². The molecule has 11 heteroatoms. The maximum atomic E-state index is 11.2. The van der Waals surface area contributed by atoms with Crippen LogP contribution in [-0.2, 0) is 20.2 Å². The van der Waals surface area contributed by atoms with Crippen molar-refractivity contribution < 1.29 is 25.9 Å². The molecule has 0 bridgehead atoms. The van der Waals surface area contributed by atoms with Crippen molar-refractivity contribution in [3.05, 3.63) is 12.1 Å². The summed E-state index contributed by atoms with van der Waals surface area (Å²) in [4.78, 5) is -1.24. The fourth-order valence-electron chi connectivity index (χ4n) is 1.48. The summed E-state index contributed by atoms with van der Waals surface area (Å²) in [6.45, 7) is 0.572. The highest BCUT2D eigenvalue weighted by Crippen LogP contribution is 2.30. The fraction of sp³-hybridized carbons (Fsp3) is 0.333. The van der Waals surface area contributed by atoms with E-state index in [2.05, 4.69) is 5.32 Å². The van der Waals surface area contributed by atoms with Gasteiger partial charge in [-0.15, -0.1) is 0 Å². The van der Waals surface area contributed by atoms with E-state index in [-0.39, 0.29) is 12.2 Å². The van der Waals surface area contributed by atoms with Gasteiger partial charge in [0.2, 0.25) is 0 Å². The Hall–Kier alpha value is -1.40. The molecule has 114 valence electrons. The average Bonchev–Trinajstić information content (AvgIpc) is 2.28. The Morgan fingerprint density at radius 1 is 1.05 bits per heavy atom. The molecule has 0 saturated heterocycles. The molecule has 0 atom stereocenters. The maximum absolute atomic E-state index is 11.2. The first-order valence-electron chi connectivity index (χ1n) is 5.40. The zero-order valence-electron chi connectivity index (χ0n) is 10.3. The molecule has 0 amide bonds. The maximum Gasteiger partial charge on any atom is 0.296 e. The van der Waals surface area contributed by atoms with E-state index in [4.69, 9.17) is 20.6 Å². The first-order chi connectivity index (χ1) is 9.07. The standard InChI is InChI=1S/C9H15N3O6S2/c10-2-1-3-12-7-5-8(19(13,14)15)6(11)4-9(7)20(16,17)18/h4-5,12H,1-3,10-11H2,(H,13,14,15)(H,16,17,18). The van der Waals surface area contributed by atoms with Gasteiger partial charge in [-0.25, -0.2) is 0 Å². The molecule has 0 saturated carbocycles. The molecule has 9 nitrogen and oxygen atoms in total. The molecule has 7 N–H and O–H groups in total. The highest BCUT2D eigenvalue weighted by molar-refractivity contribution is 7.86. The van der Waals surface area contributed by atoms with Crippen molar-refractivity contribution in [1.82, 2.24) is 0 Å². The van der Waals surface area contributed by atoms with E-state index in [0.717, 1.165) is 12.1 Å². The summed E-state index contributed by atoms with van der Waals surface area (Å²) >= 11 is 0. The number of nitrogens with one attached hydrogen (secondary N) is 1. The molecule has 0 unspecified atom stereocenters. The van der Waals surface area contributed by atoms with Crippen molar-refractivity contribution in [3.8, 4) is 0 Å². The summed E-state index contributed by atoms with van der Waals surface area (Å²) in [6, 6.07) is 1.59. The van der Waals surface area contributed by atoms with Gasteiger partial charge < -0.3 is 16.8 Å². The zero-order valence-corrected chi connectivity index (χ0v) is 11.9. The lowest BCUT2D eigenvalue weighted by atomic mass is 10.2. The summed E-state index contributed by atoms with van der Waals surface area (Å²) in [6.07, 6.45) is 0.483. The topological polar surface area (TPSA) is 173 Å². The number of rotatable bonds is 6. The lowest BCUT2D eigenvalue weighted by Gasteiger charge is -2.13. The van der Waals surface area contributed by atoms with Crippen molar-refractivity contribution in [2.45, 2.75) is 16.2 Å². The predicted octanol–water partition coefficient (Wildman–Crippen LogP) is -0.477. The molecular weight excluding hydrogens is 310 g/mol. The van der Waals surface area contributed by atoms with E-state index in [9.17, 15) is 16.8 Å². The van der Waals surface area contributed by atoms with Crippen LogP contribution in [-0.4, -0.2) is 39.0 Å². The van der Waals surface area contributed by atoms with Crippen molar-refractivity contribution in [2.24, 2.45) is 5.73 Å². The molecule has 0 spiro atoms. The Kier molecular flexibility index (Phi) is 4.94. The van der Waals surface area contributed by atoms with Crippen LogP contribution in [0, 0.1) is 0 Å². The molecular formula is C9H15N3O6S2. The van der Waals surface area contributed by atoms with Crippen molar-refractivity contribution >= 4 is 31.6 Å². The molecule has 0 aliphatic carbocycles. The van der Waals surface area contributed by atoms with Gasteiger partial charge >= 0.3 is 0 Å². The molecule has 0 fully saturated rings. The van der Waals surface area contributed by atoms with E-state index < -0.39 is 35.7 Å². The number of nitrogens with two attached hydrogens (primary N) is 2. The second-order valence-electron chi connectivity index (χ2n) is 3.91. The number of nitrogen functional groups attached to an aromatic ring is 1. The average molecular weight is 325 g/mol. The first-order valence-corrected chi connectivity index (χ1v) is 8.28. The zero-order chi connectivity index (χ0) is 15.6. The predicted molar refractivity (Wildman–Crippen MR) is 72.6 cm³/mol. The lowest BCUT2D eigenvalue weighted by Crippen LogP contribution is -2.13. The van der Waals surface area contributed by atoms with Crippen LogP contribution in [0.3, 0.4) is 0 Å². The Morgan fingerprint density at radius 3 is 2.05 bits per heavy atom. The summed E-state index contributed by atoms with van der Waals surface area (Å²) in [5, 5.41) is 2.61. The van der Waals surface area contributed by atoms with Crippen molar-refractivity contribution in [2.75, 3.05) is 24.1 Å². The molecule has 1 aromatic carbocycles. The van der Waals surface area contributed by atoms with E-state index >= 15 is 0 Å². The van der Waals surface area contributed by atoms with Crippen molar-refractivity contribution in [3.63, 3.8) is 0 Å². The van der Waals surface area contributed by atoms with Crippen LogP contribution in [0.25, 0.3) is 0 Å². The third-order valence-electron chi connectivity index (χ3n) is 2.36.